The lowest BCUT2D eigenvalue weighted by Crippen LogP contribution is -2.32. The van der Waals surface area contributed by atoms with Crippen molar-refractivity contribution in [3.63, 3.8) is 0 Å². The molecule has 9 nitrogen and oxygen atoms in total. The Morgan fingerprint density at radius 1 is 0.857 bits per heavy atom. The normalized spacial score (nSPS) is 10.5. The smallest absolute Gasteiger partial charge is 0.343 e. The zero-order chi connectivity index (χ0) is 25.4. The van der Waals surface area contributed by atoms with Crippen LogP contribution in [0.15, 0.2) is 70.2 Å². The predicted molar refractivity (Wildman–Crippen MR) is 134 cm³/mol. The van der Waals surface area contributed by atoms with Gasteiger partial charge in [0.25, 0.3) is 0 Å². The highest BCUT2D eigenvalue weighted by molar-refractivity contribution is 9.10. The largest absolute Gasteiger partial charge is 0.493 e. The molecule has 0 unspecified atom stereocenters. The second-order valence-corrected chi connectivity index (χ2v) is 8.08. The Morgan fingerprint density at radius 3 is 2.23 bits per heavy atom. The second kappa shape index (κ2) is 11.8. The number of carbonyl (C=O) groups excluding carboxylic acids is 3. The molecule has 0 saturated carbocycles. The van der Waals surface area contributed by atoms with Crippen molar-refractivity contribution in [1.29, 1.82) is 0 Å². The maximum atomic E-state index is 12.7. The van der Waals surface area contributed by atoms with E-state index in [2.05, 4.69) is 31.8 Å². The van der Waals surface area contributed by atoms with Crippen LogP contribution in [0, 0.1) is 6.92 Å². The van der Waals surface area contributed by atoms with Crippen molar-refractivity contribution in [3.8, 4) is 17.2 Å². The van der Waals surface area contributed by atoms with Gasteiger partial charge in [0, 0.05) is 15.7 Å². The Labute approximate surface area is 210 Å². The number of hydrazone groups is 1. The SMILES string of the molecule is COc1ccc(C(=O)Oc2ccc(Br)cc2/C=N\NC(=O)C(=O)Nc2ccc(C)cc2)cc1OC. The molecule has 0 aliphatic rings. The number of hydrogen-bond acceptors (Lipinski definition) is 7. The van der Waals surface area contributed by atoms with Crippen molar-refractivity contribution in [2.24, 2.45) is 5.10 Å². The molecule has 180 valence electrons. The molecule has 2 amide bonds. The Morgan fingerprint density at radius 2 is 1.54 bits per heavy atom. The molecule has 0 bridgehead atoms. The lowest BCUT2D eigenvalue weighted by atomic mass is 10.2. The number of carbonyl (C=O) groups is 3. The molecule has 0 fully saturated rings. The highest BCUT2D eigenvalue weighted by Gasteiger charge is 2.16. The molecule has 0 saturated heterocycles. The summed E-state index contributed by atoms with van der Waals surface area (Å²) in [5.74, 6) is -1.42. The van der Waals surface area contributed by atoms with E-state index in [1.54, 1.807) is 42.5 Å². The number of methoxy groups -OCH3 is 2. The van der Waals surface area contributed by atoms with Crippen molar-refractivity contribution < 1.29 is 28.6 Å². The molecule has 2 N–H and O–H groups in total. The molecule has 3 aromatic rings. The van der Waals surface area contributed by atoms with Gasteiger partial charge in [-0.25, -0.2) is 10.2 Å². The van der Waals surface area contributed by atoms with E-state index in [0.29, 0.717) is 27.2 Å². The molecule has 3 rings (SSSR count). The quantitative estimate of drug-likeness (QED) is 0.154. The van der Waals surface area contributed by atoms with Gasteiger partial charge in [-0.15, -0.1) is 0 Å². The topological polar surface area (TPSA) is 115 Å². The van der Waals surface area contributed by atoms with Crippen molar-refractivity contribution in [2.45, 2.75) is 6.92 Å². The summed E-state index contributed by atoms with van der Waals surface area (Å²) < 4.78 is 16.6. The van der Waals surface area contributed by atoms with Gasteiger partial charge in [0.2, 0.25) is 0 Å². The summed E-state index contributed by atoms with van der Waals surface area (Å²) >= 11 is 3.34. The monoisotopic (exact) mass is 539 g/mol. The van der Waals surface area contributed by atoms with Gasteiger partial charge in [-0.05, 0) is 55.5 Å². The molecular formula is C25H22BrN3O6. The lowest BCUT2D eigenvalue weighted by Gasteiger charge is -2.11. The summed E-state index contributed by atoms with van der Waals surface area (Å²) in [6, 6.07) is 16.5. The zero-order valence-electron chi connectivity index (χ0n) is 19.1. The fraction of sp³-hybridized carbons (Fsp3) is 0.120. The number of amides is 2. The molecule has 0 heterocycles. The molecule has 0 atom stereocenters. The number of nitrogens with one attached hydrogen (secondary N) is 2. The summed E-state index contributed by atoms with van der Waals surface area (Å²) in [5, 5.41) is 6.30. The van der Waals surface area contributed by atoms with E-state index < -0.39 is 17.8 Å². The summed E-state index contributed by atoms with van der Waals surface area (Å²) in [4.78, 5) is 36.8. The van der Waals surface area contributed by atoms with Gasteiger partial charge >= 0.3 is 17.8 Å². The highest BCUT2D eigenvalue weighted by atomic mass is 79.9. The third kappa shape index (κ3) is 6.90. The number of anilines is 1. The minimum absolute atomic E-state index is 0.190. The minimum Gasteiger partial charge on any atom is -0.493 e. The molecule has 0 spiro atoms. The average Bonchev–Trinajstić information content (AvgIpc) is 2.86. The first-order valence-electron chi connectivity index (χ1n) is 10.3. The minimum atomic E-state index is -0.958. The van der Waals surface area contributed by atoms with E-state index in [1.165, 1.54) is 26.5 Å². The summed E-state index contributed by atoms with van der Waals surface area (Å²) in [7, 11) is 2.96. The molecule has 0 aliphatic carbocycles. The standard InChI is InChI=1S/C25H22BrN3O6/c1-15-4-8-19(9-5-15)28-23(30)24(31)29-27-14-17-12-18(26)7-11-20(17)35-25(32)16-6-10-21(33-2)22(13-16)34-3/h4-14H,1-3H3,(H,28,30)(H,29,31)/b27-14-. The fourth-order valence-corrected chi connectivity index (χ4v) is 3.25. The molecule has 35 heavy (non-hydrogen) atoms. The van der Waals surface area contributed by atoms with Gasteiger partial charge < -0.3 is 19.5 Å². The van der Waals surface area contributed by atoms with Gasteiger partial charge in [0.15, 0.2) is 11.5 Å². The highest BCUT2D eigenvalue weighted by Crippen LogP contribution is 2.29. The molecule has 0 aromatic heterocycles. The number of nitrogens with zero attached hydrogens (tertiary/aromatic N) is 1. The van der Waals surface area contributed by atoms with Crippen LogP contribution in [-0.4, -0.2) is 38.2 Å². The van der Waals surface area contributed by atoms with E-state index in [4.69, 9.17) is 14.2 Å². The van der Waals surface area contributed by atoms with Crippen LogP contribution in [0.3, 0.4) is 0 Å². The van der Waals surface area contributed by atoms with E-state index in [1.807, 2.05) is 19.1 Å². The summed E-state index contributed by atoms with van der Waals surface area (Å²) in [6.07, 6.45) is 1.26. The van der Waals surface area contributed by atoms with Crippen LogP contribution in [0.5, 0.6) is 17.2 Å². The first-order chi connectivity index (χ1) is 16.8. The predicted octanol–water partition coefficient (Wildman–Crippen LogP) is 4.08. The molecular weight excluding hydrogens is 518 g/mol. The number of hydrogen-bond donors (Lipinski definition) is 2. The molecule has 0 aliphatic heterocycles. The third-order valence-corrected chi connectivity index (χ3v) is 5.17. The Hall–Kier alpha value is -4.18. The Kier molecular flexibility index (Phi) is 8.58. The van der Waals surface area contributed by atoms with Gasteiger partial charge in [0.1, 0.15) is 5.75 Å². The van der Waals surface area contributed by atoms with Crippen LogP contribution in [0.4, 0.5) is 5.69 Å². The maximum absolute atomic E-state index is 12.7. The van der Waals surface area contributed by atoms with Crippen LogP contribution in [0.25, 0.3) is 0 Å². The van der Waals surface area contributed by atoms with Crippen molar-refractivity contribution in [1.82, 2.24) is 5.43 Å². The maximum Gasteiger partial charge on any atom is 0.343 e. The van der Waals surface area contributed by atoms with Crippen LogP contribution in [0.2, 0.25) is 0 Å². The lowest BCUT2D eigenvalue weighted by molar-refractivity contribution is -0.136. The molecule has 0 radical (unpaired) electrons. The second-order valence-electron chi connectivity index (χ2n) is 7.16. The van der Waals surface area contributed by atoms with Crippen molar-refractivity contribution in [3.05, 3.63) is 81.8 Å². The number of esters is 1. The number of benzene rings is 3. The number of aryl methyl sites for hydroxylation is 1. The van der Waals surface area contributed by atoms with Crippen LogP contribution >= 0.6 is 15.9 Å². The number of halogens is 1. The number of rotatable bonds is 7. The van der Waals surface area contributed by atoms with Crippen molar-refractivity contribution >= 4 is 45.6 Å². The third-order valence-electron chi connectivity index (χ3n) is 4.68. The molecule has 3 aromatic carbocycles. The summed E-state index contributed by atoms with van der Waals surface area (Å²) in [6.45, 7) is 1.91. The van der Waals surface area contributed by atoms with Crippen molar-refractivity contribution in [2.75, 3.05) is 19.5 Å². The Balaban J connectivity index is 1.69. The molecule has 10 heteroatoms. The number of ether oxygens (including phenoxy) is 3. The van der Waals surface area contributed by atoms with Crippen LogP contribution in [0.1, 0.15) is 21.5 Å². The van der Waals surface area contributed by atoms with Gasteiger partial charge in [-0.1, -0.05) is 33.6 Å². The fourth-order valence-electron chi connectivity index (χ4n) is 2.87. The average molecular weight is 540 g/mol. The zero-order valence-corrected chi connectivity index (χ0v) is 20.7. The Bertz CT molecular complexity index is 1270. The van der Waals surface area contributed by atoms with Crippen LogP contribution < -0.4 is 25.0 Å². The van der Waals surface area contributed by atoms with Gasteiger partial charge in [0.05, 0.1) is 26.0 Å². The van der Waals surface area contributed by atoms with E-state index in [9.17, 15) is 14.4 Å². The van der Waals surface area contributed by atoms with E-state index >= 15 is 0 Å². The van der Waals surface area contributed by atoms with E-state index in [-0.39, 0.29) is 11.3 Å². The first kappa shape index (κ1) is 25.4. The van der Waals surface area contributed by atoms with Crippen LogP contribution in [-0.2, 0) is 9.59 Å². The van der Waals surface area contributed by atoms with E-state index in [0.717, 1.165) is 5.56 Å². The van der Waals surface area contributed by atoms with Gasteiger partial charge in [-0.2, -0.15) is 5.10 Å². The summed E-state index contributed by atoms with van der Waals surface area (Å²) in [5.41, 5.74) is 4.29. The first-order valence-corrected chi connectivity index (χ1v) is 11.0. The van der Waals surface area contributed by atoms with Gasteiger partial charge in [-0.3, -0.25) is 9.59 Å².